The van der Waals surface area contributed by atoms with Gasteiger partial charge in [0.05, 0.1) is 13.2 Å². The van der Waals surface area contributed by atoms with Gasteiger partial charge in [0.15, 0.2) is 0 Å². The van der Waals surface area contributed by atoms with Crippen LogP contribution in [0.1, 0.15) is 19.3 Å². The van der Waals surface area contributed by atoms with Crippen molar-refractivity contribution in [1.82, 2.24) is 4.90 Å². The third-order valence-electron chi connectivity index (χ3n) is 3.05. The number of hydrogen-bond donors (Lipinski definition) is 1. The van der Waals surface area contributed by atoms with Crippen LogP contribution in [0.3, 0.4) is 0 Å². The van der Waals surface area contributed by atoms with E-state index >= 15 is 0 Å². The molecule has 2 N–H and O–H groups in total. The van der Waals surface area contributed by atoms with Crippen LogP contribution in [0, 0.1) is 0 Å². The lowest BCUT2D eigenvalue weighted by Crippen LogP contribution is -2.49. The molecule has 2 fully saturated rings. The summed E-state index contributed by atoms with van der Waals surface area (Å²) >= 11 is 0. The Bertz CT molecular complexity index is 154. The van der Waals surface area contributed by atoms with Gasteiger partial charge in [-0.25, -0.2) is 0 Å². The van der Waals surface area contributed by atoms with Gasteiger partial charge >= 0.3 is 0 Å². The van der Waals surface area contributed by atoms with E-state index in [1.807, 2.05) is 0 Å². The van der Waals surface area contributed by atoms with Gasteiger partial charge in [-0.2, -0.15) is 0 Å². The molecule has 0 aromatic rings. The van der Waals surface area contributed by atoms with Gasteiger partial charge in [-0.3, -0.25) is 4.90 Å². The van der Waals surface area contributed by atoms with Crippen molar-refractivity contribution >= 4 is 24.8 Å². The Hall–Kier alpha value is 0.460. The highest BCUT2D eigenvalue weighted by Gasteiger charge is 2.29. The summed E-state index contributed by atoms with van der Waals surface area (Å²) in [5.74, 6) is 0. The SMILES string of the molecule is Cl.Cl.NC1CCCC1N1CCOCC1. The van der Waals surface area contributed by atoms with Crippen LogP contribution in [-0.2, 0) is 4.74 Å². The second-order valence-electron chi connectivity index (χ2n) is 3.81. The number of halogens is 2. The van der Waals surface area contributed by atoms with Gasteiger partial charge in [0.1, 0.15) is 0 Å². The summed E-state index contributed by atoms with van der Waals surface area (Å²) in [6.07, 6.45) is 3.81. The molecule has 86 valence electrons. The fourth-order valence-corrected chi connectivity index (χ4v) is 2.33. The molecule has 0 aromatic carbocycles. The fourth-order valence-electron chi connectivity index (χ4n) is 2.33. The predicted molar refractivity (Wildman–Crippen MR) is 62.5 cm³/mol. The maximum atomic E-state index is 6.03. The van der Waals surface area contributed by atoms with E-state index in [0.717, 1.165) is 26.3 Å². The molecule has 0 amide bonds. The van der Waals surface area contributed by atoms with Crippen molar-refractivity contribution in [2.75, 3.05) is 26.3 Å². The maximum absolute atomic E-state index is 6.03. The van der Waals surface area contributed by atoms with Gasteiger partial charge in [0.2, 0.25) is 0 Å². The van der Waals surface area contributed by atoms with Crippen molar-refractivity contribution < 1.29 is 4.74 Å². The average Bonchev–Trinajstić information content (AvgIpc) is 2.53. The molecule has 2 unspecified atom stereocenters. The third-order valence-corrected chi connectivity index (χ3v) is 3.05. The Morgan fingerprint density at radius 1 is 1.07 bits per heavy atom. The minimum absolute atomic E-state index is 0. The van der Waals surface area contributed by atoms with E-state index < -0.39 is 0 Å². The zero-order valence-corrected chi connectivity index (χ0v) is 9.99. The van der Waals surface area contributed by atoms with E-state index in [-0.39, 0.29) is 24.8 Å². The molecule has 14 heavy (non-hydrogen) atoms. The molecule has 0 spiro atoms. The minimum atomic E-state index is 0. The zero-order valence-electron chi connectivity index (χ0n) is 8.35. The fraction of sp³-hybridized carbons (Fsp3) is 1.00. The normalized spacial score (nSPS) is 33.2. The monoisotopic (exact) mass is 242 g/mol. The van der Waals surface area contributed by atoms with Crippen LogP contribution < -0.4 is 5.73 Å². The first kappa shape index (κ1) is 14.5. The molecule has 5 heteroatoms. The van der Waals surface area contributed by atoms with Crippen LogP contribution in [0.4, 0.5) is 0 Å². The molecule has 2 rings (SSSR count). The lowest BCUT2D eigenvalue weighted by Gasteiger charge is -2.34. The van der Waals surface area contributed by atoms with Crippen molar-refractivity contribution in [2.24, 2.45) is 5.73 Å². The number of hydrogen-bond acceptors (Lipinski definition) is 3. The Balaban J connectivity index is 0.000000845. The van der Waals surface area contributed by atoms with Gasteiger partial charge in [-0.05, 0) is 12.8 Å². The topological polar surface area (TPSA) is 38.5 Å². The predicted octanol–water partition coefficient (Wildman–Crippen LogP) is 1.04. The molecule has 0 aromatic heterocycles. The summed E-state index contributed by atoms with van der Waals surface area (Å²) in [6, 6.07) is 1.07. The molecule has 0 bridgehead atoms. The van der Waals surface area contributed by atoms with Gasteiger partial charge in [-0.1, -0.05) is 6.42 Å². The molecule has 0 radical (unpaired) electrons. The molecule has 1 aliphatic heterocycles. The molecule has 1 saturated heterocycles. The van der Waals surface area contributed by atoms with E-state index in [0.29, 0.717) is 12.1 Å². The first-order chi connectivity index (χ1) is 5.88. The maximum Gasteiger partial charge on any atom is 0.0594 e. The third kappa shape index (κ3) is 3.24. The van der Waals surface area contributed by atoms with Gasteiger partial charge in [0.25, 0.3) is 0 Å². The summed E-state index contributed by atoms with van der Waals surface area (Å²) in [7, 11) is 0. The van der Waals surface area contributed by atoms with Crippen LogP contribution in [0.5, 0.6) is 0 Å². The summed E-state index contributed by atoms with van der Waals surface area (Å²) < 4.78 is 5.31. The molecular formula is C9H20Cl2N2O. The summed E-state index contributed by atoms with van der Waals surface area (Å²) in [4.78, 5) is 2.50. The van der Waals surface area contributed by atoms with E-state index in [2.05, 4.69) is 4.90 Å². The summed E-state index contributed by atoms with van der Waals surface area (Å²) in [5, 5.41) is 0. The minimum Gasteiger partial charge on any atom is -0.379 e. The molecule has 1 aliphatic carbocycles. The smallest absolute Gasteiger partial charge is 0.0594 e. The van der Waals surface area contributed by atoms with Crippen molar-refractivity contribution in [2.45, 2.75) is 31.3 Å². The van der Waals surface area contributed by atoms with Crippen LogP contribution in [0.2, 0.25) is 0 Å². The average molecular weight is 243 g/mol. The first-order valence-corrected chi connectivity index (χ1v) is 4.95. The van der Waals surface area contributed by atoms with Crippen molar-refractivity contribution in [3.63, 3.8) is 0 Å². The zero-order chi connectivity index (χ0) is 8.39. The lowest BCUT2D eigenvalue weighted by atomic mass is 10.1. The standard InChI is InChI=1S/C9H18N2O.2ClH/c10-8-2-1-3-9(8)11-4-6-12-7-5-11;;/h8-9H,1-7,10H2;2*1H. The lowest BCUT2D eigenvalue weighted by molar-refractivity contribution is 0.0150. The van der Waals surface area contributed by atoms with Crippen molar-refractivity contribution in [1.29, 1.82) is 0 Å². The highest BCUT2D eigenvalue weighted by molar-refractivity contribution is 5.85. The number of morpholine rings is 1. The highest BCUT2D eigenvalue weighted by atomic mass is 35.5. The summed E-state index contributed by atoms with van der Waals surface area (Å²) in [5.41, 5.74) is 6.03. The molecular weight excluding hydrogens is 223 g/mol. The first-order valence-electron chi connectivity index (χ1n) is 4.95. The number of nitrogens with zero attached hydrogens (tertiary/aromatic N) is 1. The highest BCUT2D eigenvalue weighted by Crippen LogP contribution is 2.23. The molecule has 1 saturated carbocycles. The van der Waals surface area contributed by atoms with Gasteiger partial charge < -0.3 is 10.5 Å². The quantitative estimate of drug-likeness (QED) is 0.748. The Labute approximate surface area is 98.2 Å². The molecule has 3 nitrogen and oxygen atoms in total. The van der Waals surface area contributed by atoms with E-state index in [9.17, 15) is 0 Å². The molecule has 2 atom stereocenters. The molecule has 1 heterocycles. The summed E-state index contributed by atoms with van der Waals surface area (Å²) in [6.45, 7) is 3.95. The number of nitrogens with two attached hydrogens (primary N) is 1. The van der Waals surface area contributed by atoms with E-state index in [1.54, 1.807) is 0 Å². The number of ether oxygens (including phenoxy) is 1. The van der Waals surface area contributed by atoms with Gasteiger partial charge in [-0.15, -0.1) is 24.8 Å². The van der Waals surface area contributed by atoms with E-state index in [1.165, 1.54) is 19.3 Å². The molecule has 2 aliphatic rings. The van der Waals surface area contributed by atoms with E-state index in [4.69, 9.17) is 10.5 Å². The second kappa shape index (κ2) is 6.85. The van der Waals surface area contributed by atoms with Crippen LogP contribution >= 0.6 is 24.8 Å². The Morgan fingerprint density at radius 2 is 1.71 bits per heavy atom. The van der Waals surface area contributed by atoms with Crippen LogP contribution in [0.25, 0.3) is 0 Å². The van der Waals surface area contributed by atoms with Gasteiger partial charge in [0, 0.05) is 25.2 Å². The second-order valence-corrected chi connectivity index (χ2v) is 3.81. The Kier molecular flexibility index (Phi) is 7.08. The largest absolute Gasteiger partial charge is 0.379 e. The van der Waals surface area contributed by atoms with Crippen molar-refractivity contribution in [3.05, 3.63) is 0 Å². The van der Waals surface area contributed by atoms with Crippen LogP contribution in [-0.4, -0.2) is 43.3 Å². The number of rotatable bonds is 1. The Morgan fingerprint density at radius 3 is 2.21 bits per heavy atom. The van der Waals surface area contributed by atoms with Crippen molar-refractivity contribution in [3.8, 4) is 0 Å². The van der Waals surface area contributed by atoms with Crippen LogP contribution in [0.15, 0.2) is 0 Å².